The maximum Gasteiger partial charge on any atom is 0.128 e. The Morgan fingerprint density at radius 3 is 2.78 bits per heavy atom. The van der Waals surface area contributed by atoms with Gasteiger partial charge >= 0.3 is 0 Å². The molecule has 1 aromatic carbocycles. The zero-order valence-electron chi connectivity index (χ0n) is 11.2. The van der Waals surface area contributed by atoms with Crippen LogP contribution < -0.4 is 10.1 Å². The first-order valence-electron chi connectivity index (χ1n) is 6.28. The molecule has 0 spiro atoms. The van der Waals surface area contributed by atoms with Gasteiger partial charge in [-0.2, -0.15) is 0 Å². The Hall–Kier alpha value is -1.61. The lowest BCUT2D eigenvalue weighted by Crippen LogP contribution is -2.38. The summed E-state index contributed by atoms with van der Waals surface area (Å²) in [4.78, 5) is 4.31. The molecule has 2 aromatic rings. The van der Waals surface area contributed by atoms with E-state index < -0.39 is 0 Å². The van der Waals surface area contributed by atoms with Gasteiger partial charge in [-0.3, -0.25) is 4.98 Å². The van der Waals surface area contributed by atoms with E-state index in [-0.39, 0.29) is 5.54 Å². The average molecular weight is 244 g/mol. The van der Waals surface area contributed by atoms with Crippen LogP contribution in [-0.4, -0.2) is 23.7 Å². The monoisotopic (exact) mass is 244 g/mol. The second kappa shape index (κ2) is 5.36. The number of pyridine rings is 1. The van der Waals surface area contributed by atoms with E-state index in [0.29, 0.717) is 6.61 Å². The van der Waals surface area contributed by atoms with Crippen LogP contribution in [0.1, 0.15) is 20.8 Å². The van der Waals surface area contributed by atoms with Crippen LogP contribution in [0.15, 0.2) is 36.5 Å². The van der Waals surface area contributed by atoms with Crippen LogP contribution in [0.5, 0.6) is 5.75 Å². The highest BCUT2D eigenvalue weighted by Crippen LogP contribution is 2.23. The number of ether oxygens (including phenoxy) is 1. The Kier molecular flexibility index (Phi) is 3.82. The largest absolute Gasteiger partial charge is 0.492 e. The highest BCUT2D eigenvalue weighted by atomic mass is 16.5. The molecule has 3 heteroatoms. The fourth-order valence-corrected chi connectivity index (χ4v) is 1.79. The minimum absolute atomic E-state index is 0.129. The van der Waals surface area contributed by atoms with Crippen LogP contribution in [0.3, 0.4) is 0 Å². The van der Waals surface area contributed by atoms with Crippen LogP contribution in [0.25, 0.3) is 10.9 Å². The first-order valence-corrected chi connectivity index (χ1v) is 6.28. The molecule has 0 aliphatic rings. The van der Waals surface area contributed by atoms with Crippen LogP contribution in [0.2, 0.25) is 0 Å². The summed E-state index contributed by atoms with van der Waals surface area (Å²) < 4.78 is 5.81. The first-order chi connectivity index (χ1) is 8.56. The summed E-state index contributed by atoms with van der Waals surface area (Å²) in [6.45, 7) is 7.93. The van der Waals surface area contributed by atoms with Gasteiger partial charge in [0.2, 0.25) is 0 Å². The lowest BCUT2D eigenvalue weighted by molar-refractivity contribution is 0.293. The van der Waals surface area contributed by atoms with Crippen molar-refractivity contribution in [2.75, 3.05) is 13.2 Å². The van der Waals surface area contributed by atoms with Gasteiger partial charge in [0.1, 0.15) is 12.4 Å². The number of hydrogen-bond donors (Lipinski definition) is 1. The van der Waals surface area contributed by atoms with Crippen molar-refractivity contribution in [3.8, 4) is 5.75 Å². The van der Waals surface area contributed by atoms with Crippen molar-refractivity contribution in [3.05, 3.63) is 36.5 Å². The number of rotatable bonds is 4. The molecule has 96 valence electrons. The van der Waals surface area contributed by atoms with Gasteiger partial charge in [-0.15, -0.1) is 0 Å². The number of nitrogens with zero attached hydrogens (tertiary/aromatic N) is 1. The number of nitrogens with one attached hydrogen (secondary N) is 1. The molecule has 0 aliphatic carbocycles. The predicted molar refractivity (Wildman–Crippen MR) is 75.0 cm³/mol. The van der Waals surface area contributed by atoms with Crippen molar-refractivity contribution in [2.24, 2.45) is 0 Å². The van der Waals surface area contributed by atoms with E-state index in [4.69, 9.17) is 4.74 Å². The Morgan fingerprint density at radius 1 is 1.17 bits per heavy atom. The van der Waals surface area contributed by atoms with Crippen molar-refractivity contribution in [1.29, 1.82) is 0 Å². The standard InChI is InChI=1S/C15H20N2O/c1-15(2,3)17-10-11-18-14-8-4-7-13-12(14)6-5-9-16-13/h4-9,17H,10-11H2,1-3H3. The molecule has 0 fully saturated rings. The van der Waals surface area contributed by atoms with Crippen molar-refractivity contribution in [3.63, 3.8) is 0 Å². The van der Waals surface area contributed by atoms with Crippen LogP contribution >= 0.6 is 0 Å². The summed E-state index contributed by atoms with van der Waals surface area (Å²) in [5.74, 6) is 0.899. The van der Waals surface area contributed by atoms with Crippen molar-refractivity contribution >= 4 is 10.9 Å². The SMILES string of the molecule is CC(C)(C)NCCOc1cccc2ncccc12. The van der Waals surface area contributed by atoms with Gasteiger partial charge in [0, 0.05) is 23.7 Å². The molecule has 0 aliphatic heterocycles. The van der Waals surface area contributed by atoms with E-state index in [1.54, 1.807) is 6.20 Å². The van der Waals surface area contributed by atoms with Crippen LogP contribution in [0.4, 0.5) is 0 Å². The molecule has 0 atom stereocenters. The van der Waals surface area contributed by atoms with Crippen molar-refractivity contribution < 1.29 is 4.74 Å². The molecule has 0 bridgehead atoms. The summed E-state index contributed by atoms with van der Waals surface area (Å²) in [5.41, 5.74) is 1.10. The zero-order chi connectivity index (χ0) is 13.0. The van der Waals surface area contributed by atoms with E-state index in [0.717, 1.165) is 23.2 Å². The van der Waals surface area contributed by atoms with Crippen molar-refractivity contribution in [2.45, 2.75) is 26.3 Å². The fraction of sp³-hybridized carbons (Fsp3) is 0.400. The highest BCUT2D eigenvalue weighted by molar-refractivity contribution is 5.84. The zero-order valence-corrected chi connectivity index (χ0v) is 11.2. The molecule has 1 heterocycles. The summed E-state index contributed by atoms with van der Waals surface area (Å²) in [7, 11) is 0. The normalized spacial score (nSPS) is 11.7. The second-order valence-corrected chi connectivity index (χ2v) is 5.35. The second-order valence-electron chi connectivity index (χ2n) is 5.35. The minimum Gasteiger partial charge on any atom is -0.492 e. The first kappa shape index (κ1) is 12.8. The molecular formula is C15H20N2O. The average Bonchev–Trinajstić information content (AvgIpc) is 2.33. The van der Waals surface area contributed by atoms with Gasteiger partial charge in [-0.05, 0) is 45.0 Å². The fourth-order valence-electron chi connectivity index (χ4n) is 1.79. The third-order valence-corrected chi connectivity index (χ3v) is 2.62. The number of fused-ring (bicyclic) bond motifs is 1. The smallest absolute Gasteiger partial charge is 0.128 e. The number of benzene rings is 1. The lowest BCUT2D eigenvalue weighted by Gasteiger charge is -2.20. The minimum atomic E-state index is 0.129. The van der Waals surface area contributed by atoms with E-state index in [1.807, 2.05) is 30.3 Å². The summed E-state index contributed by atoms with van der Waals surface area (Å²) in [6.07, 6.45) is 1.80. The molecule has 18 heavy (non-hydrogen) atoms. The van der Waals surface area contributed by atoms with Crippen molar-refractivity contribution in [1.82, 2.24) is 10.3 Å². The lowest BCUT2D eigenvalue weighted by atomic mass is 10.1. The Labute approximate surface area is 108 Å². The molecule has 3 nitrogen and oxygen atoms in total. The van der Waals surface area contributed by atoms with Crippen LogP contribution in [-0.2, 0) is 0 Å². The third-order valence-electron chi connectivity index (χ3n) is 2.62. The maximum atomic E-state index is 5.81. The summed E-state index contributed by atoms with van der Waals surface area (Å²) in [5, 5.41) is 4.47. The third kappa shape index (κ3) is 3.44. The molecule has 0 amide bonds. The molecule has 2 rings (SSSR count). The molecule has 1 N–H and O–H groups in total. The van der Waals surface area contributed by atoms with E-state index in [9.17, 15) is 0 Å². The summed E-state index contributed by atoms with van der Waals surface area (Å²) >= 11 is 0. The molecule has 0 radical (unpaired) electrons. The molecule has 0 unspecified atom stereocenters. The molecule has 1 aromatic heterocycles. The topological polar surface area (TPSA) is 34.1 Å². The van der Waals surface area contributed by atoms with E-state index in [1.165, 1.54) is 0 Å². The maximum absolute atomic E-state index is 5.81. The number of aromatic nitrogens is 1. The van der Waals surface area contributed by atoms with Gasteiger partial charge in [0.15, 0.2) is 0 Å². The van der Waals surface area contributed by atoms with Gasteiger partial charge in [-0.25, -0.2) is 0 Å². The molecular weight excluding hydrogens is 224 g/mol. The Bertz CT molecular complexity index is 512. The van der Waals surface area contributed by atoms with E-state index >= 15 is 0 Å². The Balaban J connectivity index is 2.00. The highest BCUT2D eigenvalue weighted by Gasteiger charge is 2.08. The summed E-state index contributed by atoms with van der Waals surface area (Å²) in [6, 6.07) is 9.93. The van der Waals surface area contributed by atoms with Gasteiger partial charge in [0.05, 0.1) is 5.52 Å². The Morgan fingerprint density at radius 2 is 2.00 bits per heavy atom. The number of hydrogen-bond acceptors (Lipinski definition) is 3. The predicted octanol–water partition coefficient (Wildman–Crippen LogP) is 3.00. The van der Waals surface area contributed by atoms with Gasteiger partial charge in [-0.1, -0.05) is 6.07 Å². The van der Waals surface area contributed by atoms with Crippen LogP contribution in [0, 0.1) is 0 Å². The molecule has 0 saturated carbocycles. The van der Waals surface area contributed by atoms with Gasteiger partial charge < -0.3 is 10.1 Å². The molecule has 0 saturated heterocycles. The van der Waals surface area contributed by atoms with E-state index in [2.05, 4.69) is 31.1 Å². The van der Waals surface area contributed by atoms with Gasteiger partial charge in [0.25, 0.3) is 0 Å². The quantitative estimate of drug-likeness (QED) is 0.839.